The van der Waals surface area contributed by atoms with Crippen molar-refractivity contribution in [3.63, 3.8) is 0 Å². The lowest BCUT2D eigenvalue weighted by Gasteiger charge is -2.28. The van der Waals surface area contributed by atoms with E-state index in [1.807, 2.05) is 0 Å². The molecular formula is C24H34N2O. The summed E-state index contributed by atoms with van der Waals surface area (Å²) in [5.41, 5.74) is 6.99. The highest BCUT2D eigenvalue weighted by molar-refractivity contribution is 5.61. The molecule has 2 aliphatic rings. The number of rotatable bonds is 2. The molecule has 0 aromatic heterocycles. The smallest absolute Gasteiger partial charge is 0.142 e. The minimum atomic E-state index is 0.579. The van der Waals surface area contributed by atoms with Crippen molar-refractivity contribution in [3.05, 3.63) is 53.1 Å². The fourth-order valence-corrected chi connectivity index (χ4v) is 3.64. The van der Waals surface area contributed by atoms with Crippen LogP contribution in [-0.4, -0.2) is 33.8 Å². The molecule has 3 heteroatoms. The van der Waals surface area contributed by atoms with Crippen molar-refractivity contribution in [2.75, 3.05) is 43.6 Å². The number of benzene rings is 2. The summed E-state index contributed by atoms with van der Waals surface area (Å²) in [6.45, 7) is 11.9. The lowest BCUT2D eigenvalue weighted by Crippen LogP contribution is -2.28. The molecule has 27 heavy (non-hydrogen) atoms. The zero-order valence-corrected chi connectivity index (χ0v) is 17.7. The van der Waals surface area contributed by atoms with Gasteiger partial charge in [-0.3, -0.25) is 0 Å². The number of nitrogens with zero attached hydrogens (tertiary/aromatic N) is 2. The highest BCUT2D eigenvalue weighted by Gasteiger charge is 2.16. The summed E-state index contributed by atoms with van der Waals surface area (Å²) in [5.74, 6) is 2.23. The third-order valence-electron chi connectivity index (χ3n) is 5.65. The van der Waals surface area contributed by atoms with E-state index in [2.05, 4.69) is 88.0 Å². The Morgan fingerprint density at radius 1 is 0.778 bits per heavy atom. The van der Waals surface area contributed by atoms with Crippen molar-refractivity contribution in [2.24, 2.45) is 0 Å². The van der Waals surface area contributed by atoms with Gasteiger partial charge >= 0.3 is 0 Å². The summed E-state index contributed by atoms with van der Waals surface area (Å²) in [6, 6.07) is 13.4. The summed E-state index contributed by atoms with van der Waals surface area (Å²) in [7, 11) is 4.29. The topological polar surface area (TPSA) is 15.7 Å². The van der Waals surface area contributed by atoms with E-state index in [1.165, 1.54) is 41.0 Å². The molecule has 0 aliphatic carbocycles. The zero-order valence-electron chi connectivity index (χ0n) is 17.7. The van der Waals surface area contributed by atoms with Gasteiger partial charge < -0.3 is 14.5 Å². The third-order valence-corrected chi connectivity index (χ3v) is 5.65. The molecule has 2 aliphatic heterocycles. The second kappa shape index (κ2) is 8.24. The van der Waals surface area contributed by atoms with Crippen LogP contribution >= 0.6 is 0 Å². The lowest BCUT2D eigenvalue weighted by molar-refractivity contribution is 0.311. The average Bonchev–Trinajstić information content (AvgIpc) is 3.03. The van der Waals surface area contributed by atoms with Gasteiger partial charge in [0.2, 0.25) is 0 Å². The Kier molecular flexibility index (Phi) is 5.98. The standard InChI is InChI=1S/C12H17NO.C12H17N/c1-9(2)10-4-5-12-11(8-10)13(3)6-7-14-12;1-9(2)11-5-4-10-6-7-13(3)12(10)8-11/h4-5,8-9H,6-7H2,1-3H3;4-5,8-9H,6-7H2,1-3H3. The minimum Gasteiger partial charge on any atom is -0.490 e. The first-order chi connectivity index (χ1) is 12.9. The number of likely N-dealkylation sites (N-methyl/N-ethyl adjacent to an activating group) is 2. The summed E-state index contributed by atoms with van der Waals surface area (Å²) in [6.07, 6.45) is 1.21. The van der Waals surface area contributed by atoms with Crippen LogP contribution in [0.4, 0.5) is 11.4 Å². The Labute approximate surface area is 164 Å². The predicted molar refractivity (Wildman–Crippen MR) is 117 cm³/mol. The van der Waals surface area contributed by atoms with Crippen molar-refractivity contribution in [1.82, 2.24) is 0 Å². The molecule has 2 aromatic carbocycles. The fraction of sp³-hybridized carbons (Fsp3) is 0.500. The number of hydrogen-bond acceptors (Lipinski definition) is 3. The molecule has 2 aromatic rings. The van der Waals surface area contributed by atoms with Crippen LogP contribution in [0.2, 0.25) is 0 Å². The number of anilines is 2. The van der Waals surface area contributed by atoms with E-state index in [0.29, 0.717) is 11.8 Å². The molecule has 0 saturated carbocycles. The Morgan fingerprint density at radius 2 is 1.37 bits per heavy atom. The Bertz CT molecular complexity index is 782. The summed E-state index contributed by atoms with van der Waals surface area (Å²) in [4.78, 5) is 4.60. The maximum absolute atomic E-state index is 5.59. The van der Waals surface area contributed by atoms with Crippen molar-refractivity contribution in [2.45, 2.75) is 46.0 Å². The number of hydrogen-bond donors (Lipinski definition) is 0. The van der Waals surface area contributed by atoms with Crippen LogP contribution in [0.3, 0.4) is 0 Å². The van der Waals surface area contributed by atoms with Gasteiger partial charge in [-0.15, -0.1) is 0 Å². The second-order valence-corrected chi connectivity index (χ2v) is 8.37. The van der Waals surface area contributed by atoms with Crippen LogP contribution in [0.25, 0.3) is 0 Å². The maximum Gasteiger partial charge on any atom is 0.142 e. The summed E-state index contributed by atoms with van der Waals surface area (Å²) in [5, 5.41) is 0. The van der Waals surface area contributed by atoms with E-state index >= 15 is 0 Å². The molecule has 2 heterocycles. The predicted octanol–water partition coefficient (Wildman–Crippen LogP) is 5.44. The van der Waals surface area contributed by atoms with Crippen LogP contribution in [0.1, 0.15) is 56.2 Å². The highest BCUT2D eigenvalue weighted by Crippen LogP contribution is 2.33. The van der Waals surface area contributed by atoms with Crippen molar-refractivity contribution < 1.29 is 4.74 Å². The summed E-state index contributed by atoms with van der Waals surface area (Å²) < 4.78 is 5.59. The van der Waals surface area contributed by atoms with E-state index in [9.17, 15) is 0 Å². The van der Waals surface area contributed by atoms with E-state index in [0.717, 1.165) is 18.9 Å². The van der Waals surface area contributed by atoms with Gasteiger partial charge in [-0.1, -0.05) is 45.9 Å². The molecule has 4 rings (SSSR count). The van der Waals surface area contributed by atoms with Crippen LogP contribution in [0.15, 0.2) is 36.4 Å². The molecule has 0 unspecified atom stereocenters. The van der Waals surface area contributed by atoms with Gasteiger partial charge in [0.15, 0.2) is 0 Å². The van der Waals surface area contributed by atoms with Crippen LogP contribution in [0, 0.1) is 0 Å². The minimum absolute atomic E-state index is 0.579. The van der Waals surface area contributed by atoms with Crippen molar-refractivity contribution >= 4 is 11.4 Å². The Hall–Kier alpha value is -2.16. The fourth-order valence-electron chi connectivity index (χ4n) is 3.64. The quantitative estimate of drug-likeness (QED) is 0.704. The average molecular weight is 367 g/mol. The number of ether oxygens (including phenoxy) is 1. The van der Waals surface area contributed by atoms with Gasteiger partial charge in [-0.05, 0) is 53.1 Å². The normalized spacial score (nSPS) is 15.3. The van der Waals surface area contributed by atoms with Gasteiger partial charge in [0.05, 0.1) is 12.2 Å². The monoisotopic (exact) mass is 366 g/mol. The SMILES string of the molecule is CC(C)c1ccc2c(c1)N(C)CC2.CC(C)c1ccc2c(c1)N(C)CCO2. The van der Waals surface area contributed by atoms with Crippen molar-refractivity contribution in [1.29, 1.82) is 0 Å². The molecular weight excluding hydrogens is 332 g/mol. The molecule has 0 N–H and O–H groups in total. The lowest BCUT2D eigenvalue weighted by atomic mass is 10.0. The van der Waals surface area contributed by atoms with Gasteiger partial charge in [-0.2, -0.15) is 0 Å². The first-order valence-electron chi connectivity index (χ1n) is 10.2. The molecule has 0 spiro atoms. The van der Waals surface area contributed by atoms with Gasteiger partial charge in [0, 0.05) is 26.3 Å². The van der Waals surface area contributed by atoms with Gasteiger partial charge in [0.1, 0.15) is 12.4 Å². The van der Waals surface area contributed by atoms with Crippen LogP contribution < -0.4 is 14.5 Å². The second-order valence-electron chi connectivity index (χ2n) is 8.37. The van der Waals surface area contributed by atoms with Gasteiger partial charge in [0.25, 0.3) is 0 Å². The Morgan fingerprint density at radius 3 is 2.04 bits per heavy atom. The molecule has 146 valence electrons. The third kappa shape index (κ3) is 4.40. The first kappa shape index (κ1) is 19.6. The van der Waals surface area contributed by atoms with E-state index in [1.54, 1.807) is 0 Å². The molecule has 0 atom stereocenters. The van der Waals surface area contributed by atoms with E-state index in [4.69, 9.17) is 4.74 Å². The van der Waals surface area contributed by atoms with E-state index < -0.39 is 0 Å². The molecule has 0 fully saturated rings. The Balaban J connectivity index is 0.000000156. The molecule has 0 saturated heterocycles. The van der Waals surface area contributed by atoms with E-state index in [-0.39, 0.29) is 0 Å². The van der Waals surface area contributed by atoms with Crippen LogP contribution in [0.5, 0.6) is 5.75 Å². The van der Waals surface area contributed by atoms with Gasteiger partial charge in [-0.25, -0.2) is 0 Å². The van der Waals surface area contributed by atoms with Crippen molar-refractivity contribution in [3.8, 4) is 5.75 Å². The molecule has 0 amide bonds. The number of fused-ring (bicyclic) bond motifs is 2. The highest BCUT2D eigenvalue weighted by atomic mass is 16.5. The zero-order chi connectivity index (χ0) is 19.6. The molecule has 0 bridgehead atoms. The first-order valence-corrected chi connectivity index (χ1v) is 10.2. The molecule has 0 radical (unpaired) electrons. The summed E-state index contributed by atoms with van der Waals surface area (Å²) >= 11 is 0. The largest absolute Gasteiger partial charge is 0.490 e. The van der Waals surface area contributed by atoms with Crippen LogP contribution in [-0.2, 0) is 6.42 Å². The molecule has 3 nitrogen and oxygen atoms in total. The maximum atomic E-state index is 5.59.